The molecule has 474 valence electrons. The van der Waals surface area contributed by atoms with Crippen LogP contribution in [-0.2, 0) is 78.4 Å². The summed E-state index contributed by atoms with van der Waals surface area (Å²) in [4.78, 5) is 117. The molecule has 2 rings (SSSR count). The Kier molecular flexibility index (Phi) is 39.4. The van der Waals surface area contributed by atoms with Crippen LogP contribution in [0.5, 0.6) is 0 Å². The van der Waals surface area contributed by atoms with Crippen LogP contribution < -0.4 is 5.32 Å². The van der Waals surface area contributed by atoms with Crippen molar-refractivity contribution in [1.29, 1.82) is 0 Å². The van der Waals surface area contributed by atoms with E-state index in [1.165, 1.54) is 156 Å². The maximum atomic E-state index is 14.6. The molecule has 1 aromatic carbocycles. The van der Waals surface area contributed by atoms with Gasteiger partial charge in [-0.1, -0.05) is 238 Å². The van der Waals surface area contributed by atoms with E-state index < -0.39 is 122 Å². The zero-order chi connectivity index (χ0) is 61.0. The third-order valence-electron chi connectivity index (χ3n) is 15.4. The Morgan fingerprint density at radius 2 is 0.976 bits per heavy atom. The standard InChI is InChI=1S/C65H107NO17/c1-7-9-11-13-15-17-19-21-23-25-27-29-31-33-38-42-55(67)76-48-46-54(80-58(70)45-44-57(69)79-51-63(5,6)60(72)73)59(71)81-64(65(52(3)4,61(74)82-83-64)66-62(75)78-50-53-40-36-35-37-41-53)47-49-77-56(68)43-39-34-32-30-28-26-24-22-20-18-16-14-12-10-8-2/h35-37,40-41,52,54H,7-34,38-39,42-51H2,1-6H3,(H,66,75)(H,72,73)/t54?,64?,65-/m0/s1. The van der Waals surface area contributed by atoms with Crippen molar-refractivity contribution in [2.45, 2.75) is 297 Å². The van der Waals surface area contributed by atoms with Crippen molar-refractivity contribution in [2.75, 3.05) is 19.8 Å². The van der Waals surface area contributed by atoms with E-state index in [-0.39, 0.29) is 19.4 Å². The molecule has 2 unspecified atom stereocenters. The van der Waals surface area contributed by atoms with Crippen LogP contribution in [0.2, 0.25) is 0 Å². The van der Waals surface area contributed by atoms with Gasteiger partial charge >= 0.3 is 47.9 Å². The topological polar surface area (TPSA) is 243 Å². The van der Waals surface area contributed by atoms with Crippen LogP contribution in [0.1, 0.15) is 278 Å². The Balaban J connectivity index is 2.17. The highest BCUT2D eigenvalue weighted by atomic mass is 17.3. The number of rotatable bonds is 51. The number of carboxylic acid groups (broad SMARTS) is 1. The minimum Gasteiger partial charge on any atom is -0.481 e. The number of nitrogens with one attached hydrogen (secondary N) is 1. The lowest BCUT2D eigenvalue weighted by molar-refractivity contribution is -0.371. The van der Waals surface area contributed by atoms with Crippen LogP contribution in [0.3, 0.4) is 0 Å². The van der Waals surface area contributed by atoms with Gasteiger partial charge < -0.3 is 33.5 Å². The number of amides is 1. The lowest BCUT2D eigenvalue weighted by atomic mass is 9.77. The molecule has 0 radical (unpaired) electrons. The molecule has 83 heavy (non-hydrogen) atoms. The summed E-state index contributed by atoms with van der Waals surface area (Å²) in [6, 6.07) is 8.73. The first kappa shape index (κ1) is 73.8. The molecule has 1 aliphatic rings. The molecule has 1 aliphatic heterocycles. The van der Waals surface area contributed by atoms with E-state index in [4.69, 9.17) is 38.2 Å². The molecule has 1 fully saturated rings. The highest BCUT2D eigenvalue weighted by molar-refractivity contribution is 5.90. The molecule has 0 aliphatic carbocycles. The second-order valence-electron chi connectivity index (χ2n) is 23.5. The molecule has 1 amide bonds. The number of aliphatic carboxylic acids is 1. The molecule has 1 heterocycles. The molecule has 0 saturated carbocycles. The van der Waals surface area contributed by atoms with Gasteiger partial charge in [0.25, 0.3) is 5.79 Å². The van der Waals surface area contributed by atoms with Gasteiger partial charge in [-0.05, 0) is 38.2 Å². The molecular formula is C65H107NO17. The van der Waals surface area contributed by atoms with E-state index in [9.17, 15) is 43.5 Å². The predicted octanol–water partition coefficient (Wildman–Crippen LogP) is 14.8. The summed E-state index contributed by atoms with van der Waals surface area (Å²) < 4.78 is 33.3. The van der Waals surface area contributed by atoms with E-state index in [0.717, 1.165) is 51.4 Å². The van der Waals surface area contributed by atoms with Crippen molar-refractivity contribution in [3.8, 4) is 0 Å². The zero-order valence-electron chi connectivity index (χ0n) is 51.8. The van der Waals surface area contributed by atoms with Crippen molar-refractivity contribution in [3.63, 3.8) is 0 Å². The lowest BCUT2D eigenvalue weighted by Crippen LogP contribution is -2.70. The van der Waals surface area contributed by atoms with Gasteiger partial charge in [0.2, 0.25) is 11.6 Å². The fraction of sp³-hybridized carbons (Fsp3) is 0.785. The highest BCUT2D eigenvalue weighted by Crippen LogP contribution is 2.44. The average molecular weight is 1170 g/mol. The fourth-order valence-electron chi connectivity index (χ4n) is 9.94. The summed E-state index contributed by atoms with van der Waals surface area (Å²) in [5.74, 6) is -10.3. The van der Waals surface area contributed by atoms with E-state index in [0.29, 0.717) is 18.4 Å². The molecule has 0 aromatic heterocycles. The largest absolute Gasteiger partial charge is 0.481 e. The first-order chi connectivity index (χ1) is 39.9. The number of carboxylic acids is 1. The molecular weight excluding hydrogens is 1070 g/mol. The number of ether oxygens (including phenoxy) is 6. The maximum absolute atomic E-state index is 14.6. The number of alkyl carbamates (subject to hydrolysis) is 1. The second-order valence-corrected chi connectivity index (χ2v) is 23.5. The molecule has 0 spiro atoms. The van der Waals surface area contributed by atoms with Gasteiger partial charge in [-0.25, -0.2) is 14.4 Å². The lowest BCUT2D eigenvalue weighted by Gasteiger charge is -2.41. The number of benzene rings is 1. The van der Waals surface area contributed by atoms with Crippen LogP contribution in [0.25, 0.3) is 0 Å². The molecule has 18 nitrogen and oxygen atoms in total. The summed E-state index contributed by atoms with van der Waals surface area (Å²) in [5.41, 5.74) is -3.12. The van der Waals surface area contributed by atoms with E-state index >= 15 is 0 Å². The summed E-state index contributed by atoms with van der Waals surface area (Å²) in [6.07, 6.45) is 30.0. The Hall–Kier alpha value is -5.26. The second kappa shape index (κ2) is 44.3. The van der Waals surface area contributed by atoms with Crippen molar-refractivity contribution >= 4 is 47.9 Å². The van der Waals surface area contributed by atoms with Crippen LogP contribution in [0, 0.1) is 11.3 Å². The Morgan fingerprint density at radius 1 is 0.554 bits per heavy atom. The minimum absolute atomic E-state index is 0.0990. The van der Waals surface area contributed by atoms with Crippen LogP contribution in [0.15, 0.2) is 30.3 Å². The Labute approximate surface area is 496 Å². The smallest absolute Gasteiger partial charge is 0.408 e. The quantitative estimate of drug-likeness (QED) is 0.0267. The first-order valence-corrected chi connectivity index (χ1v) is 31.9. The van der Waals surface area contributed by atoms with Gasteiger partial charge in [0, 0.05) is 19.3 Å². The molecule has 1 aromatic rings. The summed E-state index contributed by atoms with van der Waals surface area (Å²) in [6.45, 7) is 8.67. The summed E-state index contributed by atoms with van der Waals surface area (Å²) >= 11 is 0. The van der Waals surface area contributed by atoms with E-state index in [1.807, 2.05) is 0 Å². The monoisotopic (exact) mass is 1170 g/mol. The van der Waals surface area contributed by atoms with Crippen LogP contribution >= 0.6 is 0 Å². The van der Waals surface area contributed by atoms with Gasteiger partial charge in [-0.3, -0.25) is 34.2 Å². The SMILES string of the molecule is CCCCCCCCCCCCCCCCCC(=O)OCCC(OC(=O)CCC(=O)OCC(C)(C)C(=O)O)C(=O)OC1(CCOC(=O)CCCCCCCCCCCCCCCCC)OOC(=O)[C@@]1(NC(=O)OCc1ccccc1)C(C)C. The normalized spacial score (nSPS) is 16.2. The Morgan fingerprint density at radius 3 is 1.42 bits per heavy atom. The van der Waals surface area contributed by atoms with E-state index in [2.05, 4.69) is 19.2 Å². The minimum atomic E-state index is -2.58. The van der Waals surface area contributed by atoms with Gasteiger partial charge in [0.1, 0.15) is 13.2 Å². The maximum Gasteiger partial charge on any atom is 0.408 e. The van der Waals surface area contributed by atoms with Gasteiger partial charge in [0.05, 0.1) is 37.9 Å². The molecule has 2 N–H and O–H groups in total. The Bertz CT molecular complexity index is 1990. The van der Waals surface area contributed by atoms with Crippen molar-refractivity contribution in [2.24, 2.45) is 11.3 Å². The number of carbonyl (C=O) groups excluding carboxylic acids is 7. The van der Waals surface area contributed by atoms with Crippen LogP contribution in [-0.4, -0.2) is 90.2 Å². The number of unbranched alkanes of at least 4 members (excludes halogenated alkanes) is 28. The third kappa shape index (κ3) is 31.5. The summed E-state index contributed by atoms with van der Waals surface area (Å²) in [7, 11) is 0. The average Bonchev–Trinajstić information content (AvgIpc) is 3.66. The number of esters is 5. The molecule has 1 saturated heterocycles. The van der Waals surface area contributed by atoms with Crippen LogP contribution in [0.4, 0.5) is 4.79 Å². The number of carbonyl (C=O) groups is 8. The van der Waals surface area contributed by atoms with E-state index in [1.54, 1.807) is 30.3 Å². The van der Waals surface area contributed by atoms with Crippen molar-refractivity contribution in [1.82, 2.24) is 5.32 Å². The summed E-state index contributed by atoms with van der Waals surface area (Å²) in [5, 5.41) is 12.0. The van der Waals surface area contributed by atoms with Gasteiger partial charge in [-0.2, -0.15) is 0 Å². The predicted molar refractivity (Wildman–Crippen MR) is 315 cm³/mol. The number of hydrogen-bond acceptors (Lipinski definition) is 16. The molecule has 18 heteroatoms. The molecule has 0 bridgehead atoms. The van der Waals surface area contributed by atoms with Crippen molar-refractivity contribution < 1.29 is 81.7 Å². The third-order valence-corrected chi connectivity index (χ3v) is 15.4. The van der Waals surface area contributed by atoms with Crippen molar-refractivity contribution in [3.05, 3.63) is 35.9 Å². The fourth-order valence-corrected chi connectivity index (χ4v) is 9.94. The zero-order valence-corrected chi connectivity index (χ0v) is 51.8. The van der Waals surface area contributed by atoms with Gasteiger partial charge in [0.15, 0.2) is 0 Å². The first-order valence-electron chi connectivity index (χ1n) is 31.9. The van der Waals surface area contributed by atoms with Gasteiger partial charge in [-0.15, -0.1) is 4.89 Å². The highest BCUT2D eigenvalue weighted by Gasteiger charge is 2.71. The number of hydrogen-bond donors (Lipinski definition) is 2. The molecule has 3 atom stereocenters.